The maximum atomic E-state index is 10.2. The van der Waals surface area contributed by atoms with E-state index in [0.717, 1.165) is 37.2 Å². The van der Waals surface area contributed by atoms with Gasteiger partial charge in [-0.2, -0.15) is 0 Å². The third-order valence-electron chi connectivity index (χ3n) is 3.72. The Morgan fingerprint density at radius 1 is 1.15 bits per heavy atom. The molecule has 0 spiro atoms. The van der Waals surface area contributed by atoms with E-state index in [4.69, 9.17) is 4.74 Å². The van der Waals surface area contributed by atoms with Gasteiger partial charge in [-0.15, -0.1) is 0 Å². The molecule has 1 heterocycles. The Bertz CT molecular complexity index is 592. The summed E-state index contributed by atoms with van der Waals surface area (Å²) in [6.07, 6.45) is 2.25. The lowest BCUT2D eigenvalue weighted by molar-refractivity contribution is 0.168. The minimum Gasteiger partial charge on any atom is -0.493 e. The van der Waals surface area contributed by atoms with Crippen molar-refractivity contribution >= 4 is 22.6 Å². The van der Waals surface area contributed by atoms with Gasteiger partial charge in [-0.05, 0) is 70.3 Å². The van der Waals surface area contributed by atoms with Crippen LogP contribution in [-0.4, -0.2) is 11.7 Å². The molecule has 1 aliphatic heterocycles. The molecular weight excluding hydrogens is 363 g/mol. The topological polar surface area (TPSA) is 29.5 Å². The van der Waals surface area contributed by atoms with E-state index in [1.807, 2.05) is 24.3 Å². The number of halogens is 1. The highest BCUT2D eigenvalue weighted by molar-refractivity contribution is 14.1. The smallest absolute Gasteiger partial charge is 0.122 e. The van der Waals surface area contributed by atoms with E-state index < -0.39 is 6.10 Å². The molecule has 3 rings (SSSR count). The van der Waals surface area contributed by atoms with Gasteiger partial charge in [0.25, 0.3) is 0 Å². The molecule has 0 fully saturated rings. The van der Waals surface area contributed by atoms with Gasteiger partial charge in [0.1, 0.15) is 5.75 Å². The average Bonchev–Trinajstić information content (AvgIpc) is 2.93. The standard InChI is InChI=1S/C17H17IO2/c18-15-5-3-13(4-6-15)16(19)7-1-12-2-8-17-14(11-12)9-10-20-17/h2-6,8,11,16,19H,1,7,9-10H2. The Morgan fingerprint density at radius 2 is 1.95 bits per heavy atom. The Kier molecular flexibility index (Phi) is 4.27. The number of fused-ring (bicyclic) bond motifs is 1. The van der Waals surface area contributed by atoms with Gasteiger partial charge in [0.15, 0.2) is 0 Å². The summed E-state index contributed by atoms with van der Waals surface area (Å²) in [5.74, 6) is 1.02. The molecule has 3 heteroatoms. The van der Waals surface area contributed by atoms with Crippen molar-refractivity contribution in [1.82, 2.24) is 0 Å². The van der Waals surface area contributed by atoms with Gasteiger partial charge in [0.2, 0.25) is 0 Å². The summed E-state index contributed by atoms with van der Waals surface area (Å²) in [5, 5.41) is 10.2. The SMILES string of the molecule is OC(CCc1ccc2c(c1)CCO2)c1ccc(I)cc1. The van der Waals surface area contributed by atoms with E-state index in [9.17, 15) is 5.11 Å². The van der Waals surface area contributed by atoms with Gasteiger partial charge in [0.05, 0.1) is 12.7 Å². The van der Waals surface area contributed by atoms with Gasteiger partial charge in [-0.25, -0.2) is 0 Å². The van der Waals surface area contributed by atoms with E-state index >= 15 is 0 Å². The summed E-state index contributed by atoms with van der Waals surface area (Å²) in [6, 6.07) is 14.4. The molecule has 0 amide bonds. The summed E-state index contributed by atoms with van der Waals surface area (Å²) >= 11 is 2.27. The summed E-state index contributed by atoms with van der Waals surface area (Å²) in [6.45, 7) is 0.796. The second-order valence-corrected chi connectivity index (χ2v) is 6.39. The Hall–Kier alpha value is -1.07. The maximum Gasteiger partial charge on any atom is 0.122 e. The lowest BCUT2D eigenvalue weighted by Gasteiger charge is -2.11. The molecule has 1 atom stereocenters. The van der Waals surface area contributed by atoms with E-state index in [1.165, 1.54) is 14.7 Å². The fourth-order valence-corrected chi connectivity index (χ4v) is 2.91. The van der Waals surface area contributed by atoms with Crippen LogP contribution in [0.15, 0.2) is 42.5 Å². The molecular formula is C17H17IO2. The molecule has 1 unspecified atom stereocenters. The quantitative estimate of drug-likeness (QED) is 0.816. The maximum absolute atomic E-state index is 10.2. The highest BCUT2D eigenvalue weighted by atomic mass is 127. The predicted octanol–water partition coefficient (Wildman–Crippen LogP) is 3.89. The van der Waals surface area contributed by atoms with E-state index in [2.05, 4.69) is 40.8 Å². The summed E-state index contributed by atoms with van der Waals surface area (Å²) in [5.41, 5.74) is 3.57. The van der Waals surface area contributed by atoms with E-state index in [-0.39, 0.29) is 0 Å². The molecule has 0 bridgehead atoms. The zero-order valence-electron chi connectivity index (χ0n) is 11.2. The van der Waals surface area contributed by atoms with E-state index in [1.54, 1.807) is 0 Å². The predicted molar refractivity (Wildman–Crippen MR) is 88.1 cm³/mol. The van der Waals surface area contributed by atoms with Gasteiger partial charge in [-0.3, -0.25) is 0 Å². The van der Waals surface area contributed by atoms with Crippen LogP contribution in [-0.2, 0) is 12.8 Å². The molecule has 2 aromatic rings. The lowest BCUT2D eigenvalue weighted by Crippen LogP contribution is -2.00. The fourth-order valence-electron chi connectivity index (χ4n) is 2.55. The van der Waals surface area contributed by atoms with Crippen molar-refractivity contribution in [1.29, 1.82) is 0 Å². The van der Waals surface area contributed by atoms with Crippen molar-refractivity contribution in [3.8, 4) is 5.75 Å². The molecule has 2 nitrogen and oxygen atoms in total. The average molecular weight is 380 g/mol. The number of aryl methyl sites for hydroxylation is 1. The Morgan fingerprint density at radius 3 is 2.75 bits per heavy atom. The van der Waals surface area contributed by atoms with Crippen molar-refractivity contribution in [3.05, 3.63) is 62.7 Å². The van der Waals surface area contributed by atoms with Crippen LogP contribution in [0.4, 0.5) is 0 Å². The molecule has 104 valence electrons. The normalized spacial score (nSPS) is 14.7. The second kappa shape index (κ2) is 6.14. The first kappa shape index (κ1) is 13.9. The highest BCUT2D eigenvalue weighted by Crippen LogP contribution is 2.27. The van der Waals surface area contributed by atoms with Crippen LogP contribution >= 0.6 is 22.6 Å². The molecule has 0 saturated heterocycles. The molecule has 1 N–H and O–H groups in total. The van der Waals surface area contributed by atoms with Crippen LogP contribution in [0.25, 0.3) is 0 Å². The Balaban J connectivity index is 1.63. The molecule has 0 aliphatic carbocycles. The number of benzene rings is 2. The van der Waals surface area contributed by atoms with Crippen molar-refractivity contribution in [2.24, 2.45) is 0 Å². The number of aliphatic hydroxyl groups excluding tert-OH is 1. The van der Waals surface area contributed by atoms with Gasteiger partial charge < -0.3 is 9.84 Å². The number of ether oxygens (including phenoxy) is 1. The number of aliphatic hydroxyl groups is 1. The number of hydrogen-bond acceptors (Lipinski definition) is 2. The number of rotatable bonds is 4. The van der Waals surface area contributed by atoms with Gasteiger partial charge in [-0.1, -0.05) is 24.3 Å². The van der Waals surface area contributed by atoms with Crippen molar-refractivity contribution in [2.45, 2.75) is 25.4 Å². The second-order valence-electron chi connectivity index (χ2n) is 5.15. The highest BCUT2D eigenvalue weighted by Gasteiger charge is 2.13. The first-order chi connectivity index (χ1) is 9.72. The minimum absolute atomic E-state index is 0.392. The Labute approximate surface area is 132 Å². The van der Waals surface area contributed by atoms with Crippen LogP contribution in [0, 0.1) is 3.57 Å². The zero-order valence-corrected chi connectivity index (χ0v) is 13.3. The molecule has 0 aromatic heterocycles. The zero-order chi connectivity index (χ0) is 13.9. The summed E-state index contributed by atoms with van der Waals surface area (Å²) < 4.78 is 6.70. The van der Waals surface area contributed by atoms with Crippen molar-refractivity contribution in [2.75, 3.05) is 6.61 Å². The van der Waals surface area contributed by atoms with Gasteiger partial charge >= 0.3 is 0 Å². The van der Waals surface area contributed by atoms with Crippen LogP contribution in [0.3, 0.4) is 0 Å². The lowest BCUT2D eigenvalue weighted by atomic mass is 10.00. The van der Waals surface area contributed by atoms with Gasteiger partial charge in [0, 0.05) is 9.99 Å². The van der Waals surface area contributed by atoms with Crippen molar-refractivity contribution < 1.29 is 9.84 Å². The largest absolute Gasteiger partial charge is 0.493 e. The fraction of sp³-hybridized carbons (Fsp3) is 0.294. The number of hydrogen-bond donors (Lipinski definition) is 1. The third kappa shape index (κ3) is 3.15. The van der Waals surface area contributed by atoms with Crippen LogP contribution in [0.2, 0.25) is 0 Å². The van der Waals surface area contributed by atoms with E-state index in [0.29, 0.717) is 0 Å². The van der Waals surface area contributed by atoms with Crippen LogP contribution < -0.4 is 4.74 Å². The molecule has 1 aliphatic rings. The summed E-state index contributed by atoms with van der Waals surface area (Å²) in [4.78, 5) is 0. The molecule has 20 heavy (non-hydrogen) atoms. The third-order valence-corrected chi connectivity index (χ3v) is 4.43. The first-order valence-electron chi connectivity index (χ1n) is 6.90. The van der Waals surface area contributed by atoms with Crippen LogP contribution in [0.1, 0.15) is 29.2 Å². The first-order valence-corrected chi connectivity index (χ1v) is 7.98. The molecule has 2 aromatic carbocycles. The monoisotopic (exact) mass is 380 g/mol. The van der Waals surface area contributed by atoms with Crippen molar-refractivity contribution in [3.63, 3.8) is 0 Å². The van der Waals surface area contributed by atoms with Crippen LogP contribution in [0.5, 0.6) is 5.75 Å². The molecule has 0 saturated carbocycles. The molecule has 0 radical (unpaired) electrons. The summed E-state index contributed by atoms with van der Waals surface area (Å²) in [7, 11) is 0. The minimum atomic E-state index is -0.392.